The SMILES string of the molecule is O=C(NCc1ccc(-c2ccccc2)o1)[C@@H]1C[C@H]1c1ccco1. The summed E-state index contributed by atoms with van der Waals surface area (Å²) in [5, 5.41) is 2.94. The lowest BCUT2D eigenvalue weighted by atomic mass is 10.2. The lowest BCUT2D eigenvalue weighted by Crippen LogP contribution is -2.24. The van der Waals surface area contributed by atoms with Gasteiger partial charge in [0.2, 0.25) is 5.91 Å². The third-order valence-corrected chi connectivity index (χ3v) is 4.19. The molecule has 2 heterocycles. The molecule has 1 fully saturated rings. The minimum atomic E-state index is 0.0182. The quantitative estimate of drug-likeness (QED) is 0.776. The molecule has 116 valence electrons. The van der Waals surface area contributed by atoms with Gasteiger partial charge in [-0.3, -0.25) is 4.79 Å². The van der Waals surface area contributed by atoms with Crippen molar-refractivity contribution in [2.24, 2.45) is 5.92 Å². The predicted molar refractivity (Wildman–Crippen MR) is 85.5 cm³/mol. The lowest BCUT2D eigenvalue weighted by molar-refractivity contribution is -0.122. The van der Waals surface area contributed by atoms with Crippen LogP contribution in [-0.2, 0) is 11.3 Å². The summed E-state index contributed by atoms with van der Waals surface area (Å²) in [5.74, 6) is 2.77. The minimum Gasteiger partial charge on any atom is -0.469 e. The largest absolute Gasteiger partial charge is 0.469 e. The van der Waals surface area contributed by atoms with Crippen molar-refractivity contribution in [3.63, 3.8) is 0 Å². The van der Waals surface area contributed by atoms with Gasteiger partial charge in [-0.05, 0) is 30.7 Å². The molecule has 1 aliphatic carbocycles. The average molecular weight is 307 g/mol. The molecular formula is C19H17NO3. The van der Waals surface area contributed by atoms with E-state index in [0.29, 0.717) is 6.54 Å². The first-order valence-corrected chi connectivity index (χ1v) is 7.76. The van der Waals surface area contributed by atoms with Gasteiger partial charge in [0, 0.05) is 17.4 Å². The standard InChI is InChI=1S/C19H17NO3/c21-19(16-11-15(16)18-7-4-10-22-18)20-12-14-8-9-17(23-14)13-5-2-1-3-6-13/h1-10,15-16H,11-12H2,(H,20,21)/t15-,16-/m1/s1. The second kappa shape index (κ2) is 5.80. The van der Waals surface area contributed by atoms with Crippen LogP contribution < -0.4 is 5.32 Å². The number of hydrogen-bond acceptors (Lipinski definition) is 3. The van der Waals surface area contributed by atoms with Crippen molar-refractivity contribution in [2.75, 3.05) is 0 Å². The van der Waals surface area contributed by atoms with Gasteiger partial charge in [-0.1, -0.05) is 30.3 Å². The first-order chi connectivity index (χ1) is 11.3. The molecule has 1 saturated carbocycles. The number of amides is 1. The van der Waals surface area contributed by atoms with Crippen molar-refractivity contribution in [2.45, 2.75) is 18.9 Å². The Bertz CT molecular complexity index is 789. The van der Waals surface area contributed by atoms with Crippen LogP contribution in [-0.4, -0.2) is 5.91 Å². The van der Waals surface area contributed by atoms with Crippen molar-refractivity contribution < 1.29 is 13.6 Å². The van der Waals surface area contributed by atoms with Crippen LogP contribution in [0.15, 0.2) is 69.7 Å². The second-order valence-corrected chi connectivity index (χ2v) is 5.81. The van der Waals surface area contributed by atoms with E-state index in [9.17, 15) is 4.79 Å². The molecule has 4 heteroatoms. The molecule has 1 amide bonds. The van der Waals surface area contributed by atoms with Crippen LogP contribution in [0.4, 0.5) is 0 Å². The summed E-state index contributed by atoms with van der Waals surface area (Å²) < 4.78 is 11.1. The van der Waals surface area contributed by atoms with Gasteiger partial charge >= 0.3 is 0 Å². The van der Waals surface area contributed by atoms with Crippen molar-refractivity contribution in [1.29, 1.82) is 0 Å². The molecule has 1 aromatic carbocycles. The first-order valence-electron chi connectivity index (χ1n) is 7.76. The zero-order valence-electron chi connectivity index (χ0n) is 12.6. The molecule has 2 atom stereocenters. The van der Waals surface area contributed by atoms with E-state index in [4.69, 9.17) is 8.83 Å². The number of furan rings is 2. The third-order valence-electron chi connectivity index (χ3n) is 4.19. The maximum atomic E-state index is 12.2. The highest BCUT2D eigenvalue weighted by Gasteiger charge is 2.45. The highest BCUT2D eigenvalue weighted by atomic mass is 16.3. The Hall–Kier alpha value is -2.75. The molecular weight excluding hydrogens is 290 g/mol. The molecule has 23 heavy (non-hydrogen) atoms. The molecule has 4 nitrogen and oxygen atoms in total. The Balaban J connectivity index is 1.33. The summed E-state index contributed by atoms with van der Waals surface area (Å²) in [6.07, 6.45) is 2.50. The van der Waals surface area contributed by atoms with E-state index in [2.05, 4.69) is 5.32 Å². The first kappa shape index (κ1) is 13.9. The summed E-state index contributed by atoms with van der Waals surface area (Å²) in [4.78, 5) is 12.2. The van der Waals surface area contributed by atoms with E-state index in [1.165, 1.54) is 0 Å². The van der Waals surface area contributed by atoms with Gasteiger partial charge in [0.1, 0.15) is 17.3 Å². The van der Waals surface area contributed by atoms with Gasteiger partial charge < -0.3 is 14.2 Å². The fraction of sp³-hybridized carbons (Fsp3) is 0.211. The van der Waals surface area contributed by atoms with Crippen LogP contribution in [0.5, 0.6) is 0 Å². The highest BCUT2D eigenvalue weighted by molar-refractivity contribution is 5.82. The van der Waals surface area contributed by atoms with Crippen LogP contribution in [0, 0.1) is 5.92 Å². The molecule has 1 N–H and O–H groups in total. The molecule has 0 saturated heterocycles. The van der Waals surface area contributed by atoms with Gasteiger partial charge in [-0.15, -0.1) is 0 Å². The molecule has 0 spiro atoms. The van der Waals surface area contributed by atoms with Gasteiger partial charge in [-0.2, -0.15) is 0 Å². The van der Waals surface area contributed by atoms with Crippen LogP contribution in [0.2, 0.25) is 0 Å². The number of carbonyl (C=O) groups excluding carboxylic acids is 1. The summed E-state index contributed by atoms with van der Waals surface area (Å²) in [7, 11) is 0. The summed E-state index contributed by atoms with van der Waals surface area (Å²) in [6.45, 7) is 0.410. The fourth-order valence-corrected chi connectivity index (χ4v) is 2.84. The van der Waals surface area contributed by atoms with Crippen molar-refractivity contribution in [3.05, 3.63) is 72.4 Å². The maximum absolute atomic E-state index is 12.2. The number of rotatable bonds is 5. The van der Waals surface area contributed by atoms with E-state index in [-0.39, 0.29) is 17.7 Å². The predicted octanol–water partition coefficient (Wildman–Crippen LogP) is 3.96. The summed E-state index contributed by atoms with van der Waals surface area (Å²) >= 11 is 0. The molecule has 0 bridgehead atoms. The maximum Gasteiger partial charge on any atom is 0.224 e. The summed E-state index contributed by atoms with van der Waals surface area (Å²) in [5.41, 5.74) is 1.03. The second-order valence-electron chi connectivity index (χ2n) is 5.81. The van der Waals surface area contributed by atoms with Crippen LogP contribution in [0.3, 0.4) is 0 Å². The average Bonchev–Trinajstić information content (AvgIpc) is 3.02. The third kappa shape index (κ3) is 2.93. The molecule has 4 rings (SSSR count). The number of hydrogen-bond donors (Lipinski definition) is 1. The van der Waals surface area contributed by atoms with Gasteiger partial charge in [0.05, 0.1) is 12.8 Å². The van der Waals surface area contributed by atoms with E-state index in [1.807, 2.05) is 54.6 Å². The Morgan fingerprint density at radius 2 is 1.96 bits per heavy atom. The molecule has 0 aliphatic heterocycles. The zero-order valence-corrected chi connectivity index (χ0v) is 12.6. The Labute approximate surface area is 134 Å². The number of benzene rings is 1. The van der Waals surface area contributed by atoms with Crippen molar-refractivity contribution >= 4 is 5.91 Å². The monoisotopic (exact) mass is 307 g/mol. The van der Waals surface area contributed by atoms with Gasteiger partial charge in [-0.25, -0.2) is 0 Å². The zero-order chi connectivity index (χ0) is 15.6. The van der Waals surface area contributed by atoms with Gasteiger partial charge in [0.15, 0.2) is 0 Å². The van der Waals surface area contributed by atoms with E-state index < -0.39 is 0 Å². The fourth-order valence-electron chi connectivity index (χ4n) is 2.84. The van der Waals surface area contributed by atoms with Crippen LogP contribution >= 0.6 is 0 Å². The van der Waals surface area contributed by atoms with E-state index >= 15 is 0 Å². The van der Waals surface area contributed by atoms with Crippen molar-refractivity contribution in [1.82, 2.24) is 5.32 Å². The minimum absolute atomic E-state index is 0.0182. The van der Waals surface area contributed by atoms with Crippen LogP contribution in [0.25, 0.3) is 11.3 Å². The normalized spacial score (nSPS) is 19.5. The van der Waals surface area contributed by atoms with Gasteiger partial charge in [0.25, 0.3) is 0 Å². The van der Waals surface area contributed by atoms with Crippen LogP contribution in [0.1, 0.15) is 23.9 Å². The van der Waals surface area contributed by atoms with E-state index in [0.717, 1.165) is 29.3 Å². The Kier molecular flexibility index (Phi) is 3.50. The molecule has 3 aromatic rings. The Morgan fingerprint density at radius 1 is 1.09 bits per heavy atom. The topological polar surface area (TPSA) is 55.4 Å². The molecule has 1 aliphatic rings. The smallest absolute Gasteiger partial charge is 0.224 e. The molecule has 0 radical (unpaired) electrons. The Morgan fingerprint density at radius 3 is 2.74 bits per heavy atom. The summed E-state index contributed by atoms with van der Waals surface area (Å²) in [6, 6.07) is 17.5. The molecule has 0 unspecified atom stereocenters. The van der Waals surface area contributed by atoms with Crippen molar-refractivity contribution in [3.8, 4) is 11.3 Å². The number of nitrogens with one attached hydrogen (secondary N) is 1. The molecule has 2 aromatic heterocycles. The van der Waals surface area contributed by atoms with E-state index in [1.54, 1.807) is 6.26 Å². The number of carbonyl (C=O) groups is 1. The lowest BCUT2D eigenvalue weighted by Gasteiger charge is -2.02. The highest BCUT2D eigenvalue weighted by Crippen LogP contribution is 2.47.